The fraction of sp³-hybridized carbons (Fsp3) is 0.727. The topological polar surface area (TPSA) is 149 Å². The van der Waals surface area contributed by atoms with Crippen molar-refractivity contribution in [3.8, 4) is 0 Å². The molecule has 0 aromatic carbocycles. The minimum Gasteiger partial charge on any atom is -0.549 e. The average molecular weight is 514 g/mol. The molecule has 0 spiro atoms. The fourth-order valence-corrected chi connectivity index (χ4v) is 1.49. The second kappa shape index (κ2) is 12.4. The molecule has 0 unspecified atom stereocenters. The number of carbonyl (C=O) groups excluding carboxylic acids is 6. The molecule has 0 aromatic heterocycles. The Kier molecular flexibility index (Phi) is 13.8. The summed E-state index contributed by atoms with van der Waals surface area (Å²) in [6.07, 6.45) is -0.713. The number of aliphatic carboxylic acids is 2. The normalized spacial score (nSPS) is 11.9. The molecule has 0 N–H and O–H groups in total. The van der Waals surface area contributed by atoms with Gasteiger partial charge in [0.2, 0.25) is 0 Å². The number of rotatable bonds is 8. The van der Waals surface area contributed by atoms with E-state index >= 15 is 0 Å². The molecule has 0 saturated carbocycles. The largest absolute Gasteiger partial charge is 2.00 e. The first-order valence-electron chi connectivity index (χ1n) is 9.55. The van der Waals surface area contributed by atoms with Crippen molar-refractivity contribution in [2.75, 3.05) is 0 Å². The van der Waals surface area contributed by atoms with Gasteiger partial charge in [-0.2, -0.15) is 0 Å². The Morgan fingerprint density at radius 1 is 0.484 bits per heavy atom. The van der Waals surface area contributed by atoms with E-state index < -0.39 is 45.2 Å². The molecule has 0 atom stereocenters. The second-order valence-corrected chi connectivity index (χ2v) is 10.4. The maximum Gasteiger partial charge on any atom is 2.00 e. The summed E-state index contributed by atoms with van der Waals surface area (Å²) in [6.45, 7) is 15.1. The summed E-state index contributed by atoms with van der Waals surface area (Å²) in [5, 5.41) is 21.3. The van der Waals surface area contributed by atoms with Crippen LogP contribution >= 0.6 is 0 Å². The van der Waals surface area contributed by atoms with E-state index in [1.165, 1.54) is 27.7 Å². The summed E-state index contributed by atoms with van der Waals surface area (Å²) in [5.74, 6) is -4.64. The number of hydrogen-bond donors (Lipinski definition) is 0. The molecule has 0 heterocycles. The van der Waals surface area contributed by atoms with Gasteiger partial charge in [0, 0.05) is 10.8 Å². The molecule has 0 saturated heterocycles. The van der Waals surface area contributed by atoms with Crippen molar-refractivity contribution in [2.45, 2.75) is 82.1 Å². The molecule has 0 aliphatic carbocycles. The molecule has 0 amide bonds. The molecule has 0 rings (SSSR count). The molecule has 31 heavy (non-hydrogen) atoms. The predicted molar refractivity (Wildman–Crippen MR) is 112 cm³/mol. The van der Waals surface area contributed by atoms with Gasteiger partial charge < -0.3 is 19.8 Å². The first kappa shape index (κ1) is 34.7. The number of ketones is 4. The van der Waals surface area contributed by atoms with Crippen LogP contribution in [0.15, 0.2) is 0 Å². The molecule has 0 aromatic rings. The van der Waals surface area contributed by atoms with Crippen LogP contribution < -0.4 is 10.2 Å². The summed E-state index contributed by atoms with van der Waals surface area (Å²) in [6, 6.07) is 0. The van der Waals surface area contributed by atoms with Gasteiger partial charge >= 0.3 is 45.5 Å². The Labute approximate surface area is 221 Å². The van der Waals surface area contributed by atoms with Gasteiger partial charge in [0.25, 0.3) is 0 Å². The minimum atomic E-state index is -1.60. The van der Waals surface area contributed by atoms with Gasteiger partial charge in [0.15, 0.2) is 11.6 Å². The van der Waals surface area contributed by atoms with Crippen LogP contribution in [0.3, 0.4) is 0 Å². The van der Waals surface area contributed by atoms with Crippen molar-refractivity contribution in [1.82, 2.24) is 0 Å². The van der Waals surface area contributed by atoms with E-state index in [0.717, 1.165) is 0 Å². The van der Waals surface area contributed by atoms with Crippen molar-refractivity contribution in [3.63, 3.8) is 0 Å². The SMILES string of the molecule is CC(C)(C)C(=O)CC(=O)C(C)(C)C(=O)[O-].CC(C)(C)C(=O)CC(=O)C(C)(C)C(=O)[O-].[Sr+2]. The molecule has 0 aliphatic heterocycles. The van der Waals surface area contributed by atoms with Crippen molar-refractivity contribution in [1.29, 1.82) is 0 Å². The van der Waals surface area contributed by atoms with Crippen molar-refractivity contribution < 1.29 is 39.0 Å². The summed E-state index contributed by atoms with van der Waals surface area (Å²) in [7, 11) is 0. The van der Waals surface area contributed by atoms with Gasteiger partial charge in [0.05, 0.1) is 35.6 Å². The Morgan fingerprint density at radius 2 is 0.677 bits per heavy atom. The maximum absolute atomic E-state index is 11.5. The van der Waals surface area contributed by atoms with E-state index in [2.05, 4.69) is 0 Å². The third-order valence-corrected chi connectivity index (χ3v) is 4.73. The monoisotopic (exact) mass is 514 g/mol. The van der Waals surface area contributed by atoms with Gasteiger partial charge in [-0.1, -0.05) is 41.5 Å². The Hall–Kier alpha value is -0.899. The standard InChI is InChI=1S/2C11H18O4.Sr/c2*1-10(2,3)7(12)6-8(13)11(4,5)9(14)15;/h2*6H2,1-5H3,(H,14,15);/q;;+2/p-2. The van der Waals surface area contributed by atoms with Gasteiger partial charge in [-0.25, -0.2) is 0 Å². The van der Waals surface area contributed by atoms with Gasteiger partial charge in [-0.3, -0.25) is 19.2 Å². The zero-order valence-corrected chi connectivity index (χ0v) is 23.9. The summed E-state index contributed by atoms with van der Waals surface area (Å²) in [5.41, 5.74) is -4.45. The van der Waals surface area contributed by atoms with Gasteiger partial charge in [-0.15, -0.1) is 0 Å². The maximum atomic E-state index is 11.5. The first-order valence-corrected chi connectivity index (χ1v) is 9.55. The van der Waals surface area contributed by atoms with E-state index in [9.17, 15) is 39.0 Å². The van der Waals surface area contributed by atoms with Crippen LogP contribution in [0.1, 0.15) is 82.1 Å². The summed E-state index contributed by atoms with van der Waals surface area (Å²) in [4.78, 5) is 67.4. The molecule has 0 radical (unpaired) electrons. The summed E-state index contributed by atoms with van der Waals surface area (Å²) < 4.78 is 0. The van der Waals surface area contributed by atoms with Crippen LogP contribution in [0, 0.1) is 21.7 Å². The van der Waals surface area contributed by atoms with Crippen molar-refractivity contribution in [3.05, 3.63) is 0 Å². The van der Waals surface area contributed by atoms with E-state index in [4.69, 9.17) is 0 Å². The van der Waals surface area contributed by atoms with Crippen LogP contribution in [0.4, 0.5) is 0 Å². The van der Waals surface area contributed by atoms with Gasteiger partial charge in [-0.05, 0) is 27.7 Å². The van der Waals surface area contributed by atoms with Crippen LogP contribution in [-0.4, -0.2) is 80.6 Å². The predicted octanol–water partition coefficient (Wildman–Crippen LogP) is 0.293. The third kappa shape index (κ3) is 11.5. The number of hydrogen-bond acceptors (Lipinski definition) is 8. The molecule has 0 aliphatic rings. The van der Waals surface area contributed by atoms with E-state index in [0.29, 0.717) is 0 Å². The Morgan fingerprint density at radius 3 is 0.806 bits per heavy atom. The Bertz CT molecular complexity index is 657. The van der Waals surface area contributed by atoms with Crippen LogP contribution in [0.2, 0.25) is 0 Å². The van der Waals surface area contributed by atoms with Crippen molar-refractivity contribution >= 4 is 80.6 Å². The van der Waals surface area contributed by atoms with Crippen LogP contribution in [0.25, 0.3) is 0 Å². The number of carboxylic acid groups (broad SMARTS) is 2. The van der Waals surface area contributed by atoms with E-state index in [1.807, 2.05) is 0 Å². The third-order valence-electron chi connectivity index (χ3n) is 4.73. The molecule has 172 valence electrons. The fourth-order valence-electron chi connectivity index (χ4n) is 1.49. The van der Waals surface area contributed by atoms with E-state index in [1.54, 1.807) is 41.5 Å². The molecule has 9 heteroatoms. The molecular formula is C22H34O8Sr. The minimum absolute atomic E-state index is 0. The zero-order chi connectivity index (χ0) is 24.9. The van der Waals surface area contributed by atoms with Crippen LogP contribution in [-0.2, 0) is 28.8 Å². The smallest absolute Gasteiger partial charge is 0.549 e. The second-order valence-electron chi connectivity index (χ2n) is 10.4. The zero-order valence-electron chi connectivity index (χ0n) is 20.4. The Balaban J connectivity index is -0.000000490. The molecule has 0 bridgehead atoms. The van der Waals surface area contributed by atoms with E-state index in [-0.39, 0.29) is 69.9 Å². The molecular weight excluding hydrogens is 480 g/mol. The molecule has 0 fully saturated rings. The summed E-state index contributed by atoms with van der Waals surface area (Å²) >= 11 is 0. The number of Topliss-reactive ketones (excluding diaryl/α,β-unsaturated/α-hetero) is 4. The first-order chi connectivity index (χ1) is 13.0. The molecule has 8 nitrogen and oxygen atoms in total. The average Bonchev–Trinajstić information content (AvgIpc) is 2.52. The van der Waals surface area contributed by atoms with Gasteiger partial charge in [0.1, 0.15) is 11.6 Å². The van der Waals surface area contributed by atoms with Crippen molar-refractivity contribution in [2.24, 2.45) is 21.7 Å². The van der Waals surface area contributed by atoms with Crippen LogP contribution in [0.5, 0.6) is 0 Å². The number of carbonyl (C=O) groups is 6. The quantitative estimate of drug-likeness (QED) is 0.332. The number of carboxylic acids is 2.